The number of hydrogen-bond acceptors (Lipinski definition) is 2. The van der Waals surface area contributed by atoms with E-state index < -0.39 is 0 Å². The highest BCUT2D eigenvalue weighted by Gasteiger charge is 2.43. The Bertz CT molecular complexity index is 340. The zero-order valence-corrected chi connectivity index (χ0v) is 11.1. The van der Waals surface area contributed by atoms with Gasteiger partial charge in [-0.2, -0.15) is 0 Å². The average molecular weight is 234 g/mol. The fourth-order valence-corrected chi connectivity index (χ4v) is 2.26. The molecule has 4 nitrogen and oxygen atoms in total. The van der Waals surface area contributed by atoms with Gasteiger partial charge in [0, 0.05) is 0 Å². The fraction of sp³-hybridized carbons (Fsp3) is 0.538. The molecule has 0 saturated heterocycles. The van der Waals surface area contributed by atoms with Crippen LogP contribution in [0.3, 0.4) is 0 Å². The van der Waals surface area contributed by atoms with E-state index in [0.29, 0.717) is 12.1 Å². The van der Waals surface area contributed by atoms with Crippen LogP contribution in [0.4, 0.5) is 0 Å². The smallest absolute Gasteiger partial charge is 0.206 e. The second-order valence-electron chi connectivity index (χ2n) is 5.44. The van der Waals surface area contributed by atoms with Gasteiger partial charge in [-0.1, -0.05) is 0 Å². The van der Waals surface area contributed by atoms with E-state index in [1.807, 2.05) is 25.1 Å². The third-order valence-electron chi connectivity index (χ3n) is 3.84. The van der Waals surface area contributed by atoms with E-state index in [1.54, 1.807) is 0 Å². The van der Waals surface area contributed by atoms with E-state index in [2.05, 4.69) is 50.1 Å². The molecule has 4 heteroatoms. The summed E-state index contributed by atoms with van der Waals surface area (Å²) in [5, 5.41) is 0. The zero-order valence-electron chi connectivity index (χ0n) is 11.1. The third kappa shape index (κ3) is 1.98. The highest BCUT2D eigenvalue weighted by atomic mass is 15.6. The Morgan fingerprint density at radius 1 is 0.824 bits per heavy atom. The van der Waals surface area contributed by atoms with Crippen molar-refractivity contribution < 1.29 is 8.97 Å². The van der Waals surface area contributed by atoms with Gasteiger partial charge >= 0.3 is 0 Å². The highest BCUT2D eigenvalue weighted by Crippen LogP contribution is 2.26. The Morgan fingerprint density at radius 3 is 1.47 bits per heavy atom. The van der Waals surface area contributed by atoms with Crippen LogP contribution in [0.15, 0.2) is 34.8 Å². The van der Waals surface area contributed by atoms with Crippen molar-refractivity contribution in [3.05, 3.63) is 24.8 Å². The van der Waals surface area contributed by atoms with Crippen LogP contribution in [0.2, 0.25) is 0 Å². The zero-order chi connectivity index (χ0) is 12.5. The molecule has 2 aliphatic rings. The number of aliphatic imine (C=N–C) groups is 2. The first-order valence-corrected chi connectivity index (χ1v) is 6.19. The van der Waals surface area contributed by atoms with Crippen molar-refractivity contribution in [2.45, 2.75) is 39.8 Å². The second kappa shape index (κ2) is 4.20. The quantitative estimate of drug-likeness (QED) is 0.667. The lowest BCUT2D eigenvalue weighted by Crippen LogP contribution is -2.60. The molecule has 0 spiro atoms. The van der Waals surface area contributed by atoms with Gasteiger partial charge in [0.1, 0.15) is 12.4 Å². The molecule has 0 aromatic rings. The van der Waals surface area contributed by atoms with Crippen LogP contribution in [0.1, 0.15) is 27.7 Å². The molecule has 2 unspecified atom stereocenters. The van der Waals surface area contributed by atoms with Gasteiger partial charge in [0.15, 0.2) is 12.7 Å². The number of hydrogen-bond donors (Lipinski definition) is 0. The topological polar surface area (TPSA) is 24.7 Å². The Kier molecular flexibility index (Phi) is 3.02. The van der Waals surface area contributed by atoms with Crippen molar-refractivity contribution >= 4 is 12.7 Å². The number of nitrogens with zero attached hydrogens (tertiary/aromatic N) is 4. The van der Waals surface area contributed by atoms with Gasteiger partial charge in [0.05, 0.1) is 24.5 Å². The normalized spacial score (nSPS) is 34.7. The largest absolute Gasteiger partial charge is 0.227 e. The molecule has 2 rings (SSSR count). The van der Waals surface area contributed by atoms with Crippen LogP contribution < -0.4 is 0 Å². The lowest BCUT2D eigenvalue weighted by molar-refractivity contribution is -0.988. The van der Waals surface area contributed by atoms with Gasteiger partial charge in [0.25, 0.3) is 0 Å². The van der Waals surface area contributed by atoms with Crippen molar-refractivity contribution in [1.82, 2.24) is 0 Å². The van der Waals surface area contributed by atoms with Crippen LogP contribution in [0.5, 0.6) is 0 Å². The molecule has 0 aromatic carbocycles. The van der Waals surface area contributed by atoms with Gasteiger partial charge in [-0.05, 0) is 27.7 Å². The molecule has 0 N–H and O–H groups in total. The van der Waals surface area contributed by atoms with Gasteiger partial charge in [-0.15, -0.1) is 0 Å². The van der Waals surface area contributed by atoms with Crippen LogP contribution in [-0.2, 0) is 0 Å². The van der Waals surface area contributed by atoms with E-state index in [0.717, 1.165) is 15.6 Å². The molecule has 2 atom stereocenters. The summed E-state index contributed by atoms with van der Waals surface area (Å²) >= 11 is 0. The van der Waals surface area contributed by atoms with Crippen molar-refractivity contribution in [2.75, 3.05) is 6.67 Å². The van der Waals surface area contributed by atoms with Gasteiger partial charge in [-0.25, -0.2) is 19.0 Å². The number of quaternary nitrogens is 2. The lowest BCUT2D eigenvalue weighted by atomic mass is 10.2. The van der Waals surface area contributed by atoms with Crippen LogP contribution in [-0.4, -0.2) is 40.4 Å². The first-order valence-electron chi connectivity index (χ1n) is 6.19. The molecule has 2 heterocycles. The molecule has 0 aliphatic carbocycles. The molecule has 2 aliphatic heterocycles. The molecule has 17 heavy (non-hydrogen) atoms. The van der Waals surface area contributed by atoms with E-state index in [9.17, 15) is 0 Å². The average Bonchev–Trinajstić information content (AvgIpc) is 2.88. The molecule has 0 aromatic heterocycles. The summed E-state index contributed by atoms with van der Waals surface area (Å²) in [4.78, 5) is 8.56. The predicted molar refractivity (Wildman–Crippen MR) is 70.9 cm³/mol. The number of rotatable bonds is 4. The van der Waals surface area contributed by atoms with Crippen LogP contribution in [0.25, 0.3) is 0 Å². The minimum absolute atomic E-state index is 0.480. The van der Waals surface area contributed by atoms with E-state index in [4.69, 9.17) is 0 Å². The first-order chi connectivity index (χ1) is 8.01. The van der Waals surface area contributed by atoms with Crippen LogP contribution >= 0.6 is 0 Å². The third-order valence-corrected chi connectivity index (χ3v) is 3.84. The summed E-state index contributed by atoms with van der Waals surface area (Å²) < 4.78 is 1.57. The Balaban J connectivity index is 2.30. The second-order valence-corrected chi connectivity index (χ2v) is 5.44. The maximum absolute atomic E-state index is 4.28. The summed E-state index contributed by atoms with van der Waals surface area (Å²) in [6.45, 7) is 9.87. The minimum Gasteiger partial charge on any atom is -0.206 e. The van der Waals surface area contributed by atoms with E-state index in [1.165, 1.54) is 0 Å². The fourth-order valence-electron chi connectivity index (χ4n) is 2.26. The van der Waals surface area contributed by atoms with Gasteiger partial charge < -0.3 is 0 Å². The van der Waals surface area contributed by atoms with Crippen molar-refractivity contribution in [1.29, 1.82) is 0 Å². The highest BCUT2D eigenvalue weighted by molar-refractivity contribution is 5.53. The van der Waals surface area contributed by atoms with Crippen molar-refractivity contribution in [3.8, 4) is 0 Å². The Hall–Kier alpha value is -1.26. The van der Waals surface area contributed by atoms with E-state index in [-0.39, 0.29) is 0 Å². The molecule has 0 amide bonds. The molecule has 0 radical (unpaired) electrons. The Labute approximate surface area is 103 Å². The summed E-state index contributed by atoms with van der Waals surface area (Å²) in [5.41, 5.74) is 0. The molecular formula is C13H22N4+2. The van der Waals surface area contributed by atoms with E-state index >= 15 is 0 Å². The van der Waals surface area contributed by atoms with Gasteiger partial charge in [0.2, 0.25) is 6.67 Å². The van der Waals surface area contributed by atoms with Crippen molar-refractivity contribution in [2.24, 2.45) is 9.98 Å². The van der Waals surface area contributed by atoms with Gasteiger partial charge in [-0.3, -0.25) is 0 Å². The SMILES string of the molecule is CC(C)[N+]1(C[N+]2(C(C)C)C=CN=C2)C=CN=C1. The molecule has 0 fully saturated rings. The minimum atomic E-state index is 0.480. The Morgan fingerprint density at radius 2 is 1.24 bits per heavy atom. The maximum Gasteiger partial charge on any atom is 0.227 e. The predicted octanol–water partition coefficient (Wildman–Crippen LogP) is 2.42. The summed E-state index contributed by atoms with van der Waals surface area (Å²) in [7, 11) is 0. The standard InChI is InChI=1S/C13H22N4/c1-12(2)16(7-5-14-9-16)11-17(13(3)4)8-6-15-10-17/h5-10,12-13H,11H2,1-4H3/q+2. The molecule has 0 saturated carbocycles. The summed E-state index contributed by atoms with van der Waals surface area (Å²) in [6, 6.07) is 0.960. The molecule has 0 bridgehead atoms. The molecular weight excluding hydrogens is 212 g/mol. The first kappa shape index (κ1) is 12.2. The summed E-state index contributed by atoms with van der Waals surface area (Å²) in [6.07, 6.45) is 12.2. The molecule has 92 valence electrons. The maximum atomic E-state index is 4.28. The van der Waals surface area contributed by atoms with Crippen LogP contribution in [0, 0.1) is 0 Å². The summed E-state index contributed by atoms with van der Waals surface area (Å²) in [5.74, 6) is 0. The monoisotopic (exact) mass is 234 g/mol. The lowest BCUT2D eigenvalue weighted by Gasteiger charge is -2.40. The van der Waals surface area contributed by atoms with Crippen molar-refractivity contribution in [3.63, 3.8) is 0 Å².